The molecule has 4 heterocycles. The van der Waals surface area contributed by atoms with Gasteiger partial charge in [-0.3, -0.25) is 0 Å². The standard InChI is InChI=1S/C22H36N2O2.C21H34N2O2/c1-3-23(2)19-22(11-17-25-18-12-22)20-7-9-21(10-8-20)26-16-6-15-24-13-4-5-14-24;1-2-22-18-21(10-16-24-17-11-21)19-6-8-20(9-7-19)25-15-5-14-23-12-3-4-13-23/h7-10H,3-6,11-19H2,1-2H3;6-9,22H,2-5,10-18H2,1H3. The van der Waals surface area contributed by atoms with Gasteiger partial charge in [-0.25, -0.2) is 0 Å². The van der Waals surface area contributed by atoms with E-state index < -0.39 is 0 Å². The summed E-state index contributed by atoms with van der Waals surface area (Å²) < 4.78 is 23.2. The van der Waals surface area contributed by atoms with Crippen LogP contribution in [0.4, 0.5) is 0 Å². The van der Waals surface area contributed by atoms with Crippen LogP contribution in [0.15, 0.2) is 48.5 Å². The zero-order valence-electron chi connectivity index (χ0n) is 32.5. The van der Waals surface area contributed by atoms with Gasteiger partial charge in [0, 0.05) is 63.4 Å². The molecule has 0 saturated carbocycles. The van der Waals surface area contributed by atoms with Gasteiger partial charge in [-0.1, -0.05) is 38.1 Å². The van der Waals surface area contributed by atoms with Gasteiger partial charge >= 0.3 is 0 Å². The van der Waals surface area contributed by atoms with Gasteiger partial charge in [0.15, 0.2) is 0 Å². The Labute approximate surface area is 310 Å². The Hall–Kier alpha value is -2.20. The van der Waals surface area contributed by atoms with Crippen molar-refractivity contribution in [3.63, 3.8) is 0 Å². The number of nitrogens with one attached hydrogen (secondary N) is 1. The first-order valence-electron chi connectivity index (χ1n) is 20.5. The molecule has 0 aromatic heterocycles. The third kappa shape index (κ3) is 12.4. The van der Waals surface area contributed by atoms with E-state index >= 15 is 0 Å². The summed E-state index contributed by atoms with van der Waals surface area (Å²) in [6.45, 7) is 21.1. The molecule has 51 heavy (non-hydrogen) atoms. The molecule has 0 amide bonds. The molecular formula is C43H70N4O4. The normalized spacial score (nSPS) is 20.6. The lowest BCUT2D eigenvalue weighted by atomic mass is 9.73. The largest absolute Gasteiger partial charge is 0.494 e. The van der Waals surface area contributed by atoms with Crippen LogP contribution in [0.1, 0.15) is 89.2 Å². The van der Waals surface area contributed by atoms with Gasteiger partial charge in [0.1, 0.15) is 11.5 Å². The summed E-state index contributed by atoms with van der Waals surface area (Å²) in [4.78, 5) is 7.52. The van der Waals surface area contributed by atoms with Crippen LogP contribution in [0.3, 0.4) is 0 Å². The van der Waals surface area contributed by atoms with Gasteiger partial charge in [0.05, 0.1) is 13.2 Å². The first kappa shape index (κ1) is 40.0. The van der Waals surface area contributed by atoms with Crippen LogP contribution < -0.4 is 14.8 Å². The number of hydrogen-bond donors (Lipinski definition) is 1. The van der Waals surface area contributed by atoms with E-state index in [2.05, 4.69) is 89.4 Å². The van der Waals surface area contributed by atoms with Crippen molar-refractivity contribution in [3.05, 3.63) is 59.7 Å². The maximum atomic E-state index is 5.98. The van der Waals surface area contributed by atoms with Gasteiger partial charge in [-0.2, -0.15) is 0 Å². The van der Waals surface area contributed by atoms with E-state index in [1.807, 2.05) is 0 Å². The van der Waals surface area contributed by atoms with Crippen LogP contribution in [0.5, 0.6) is 11.5 Å². The molecule has 4 aliphatic heterocycles. The van der Waals surface area contributed by atoms with Gasteiger partial charge < -0.3 is 39.0 Å². The van der Waals surface area contributed by atoms with Gasteiger partial charge in [-0.15, -0.1) is 0 Å². The molecule has 6 rings (SSSR count). The first-order chi connectivity index (χ1) is 25.0. The second-order valence-electron chi connectivity index (χ2n) is 15.4. The highest BCUT2D eigenvalue weighted by molar-refractivity contribution is 5.34. The molecule has 0 aliphatic carbocycles. The maximum Gasteiger partial charge on any atom is 0.119 e. The first-order valence-corrected chi connectivity index (χ1v) is 20.5. The van der Waals surface area contributed by atoms with E-state index in [1.54, 1.807) is 0 Å². The average Bonchev–Trinajstić information content (AvgIpc) is 3.91. The van der Waals surface area contributed by atoms with Crippen LogP contribution in [-0.4, -0.2) is 127 Å². The zero-order valence-corrected chi connectivity index (χ0v) is 32.5. The van der Waals surface area contributed by atoms with Crippen LogP contribution in [-0.2, 0) is 20.3 Å². The molecule has 0 atom stereocenters. The fourth-order valence-corrected chi connectivity index (χ4v) is 8.40. The predicted octanol–water partition coefficient (Wildman–Crippen LogP) is 6.76. The third-order valence-corrected chi connectivity index (χ3v) is 11.8. The van der Waals surface area contributed by atoms with Crippen LogP contribution in [0.25, 0.3) is 0 Å². The van der Waals surface area contributed by atoms with Crippen molar-refractivity contribution in [2.75, 3.05) is 112 Å². The van der Waals surface area contributed by atoms with Crippen molar-refractivity contribution in [2.45, 2.75) is 88.9 Å². The minimum atomic E-state index is 0.211. The Morgan fingerprint density at radius 3 is 1.51 bits per heavy atom. The quantitative estimate of drug-likeness (QED) is 0.171. The summed E-state index contributed by atoms with van der Waals surface area (Å²) in [5, 5.41) is 3.55. The fraction of sp³-hybridized carbons (Fsp3) is 0.721. The lowest BCUT2D eigenvalue weighted by molar-refractivity contribution is 0.0379. The summed E-state index contributed by atoms with van der Waals surface area (Å²) in [6.07, 6.45) is 12.1. The summed E-state index contributed by atoms with van der Waals surface area (Å²) in [5.74, 6) is 2.00. The molecular weight excluding hydrogens is 636 g/mol. The number of likely N-dealkylation sites (N-methyl/N-ethyl adjacent to an activating group) is 2. The lowest BCUT2D eigenvalue weighted by Gasteiger charge is -2.40. The molecule has 8 heteroatoms. The van der Waals surface area contributed by atoms with E-state index in [0.717, 1.165) is 116 Å². The number of benzene rings is 2. The molecule has 4 aliphatic rings. The van der Waals surface area contributed by atoms with Crippen molar-refractivity contribution < 1.29 is 18.9 Å². The fourth-order valence-electron chi connectivity index (χ4n) is 8.40. The molecule has 2 aromatic carbocycles. The molecule has 0 unspecified atom stereocenters. The minimum absolute atomic E-state index is 0.211. The number of likely N-dealkylation sites (tertiary alicyclic amines) is 2. The summed E-state index contributed by atoms with van der Waals surface area (Å²) in [6, 6.07) is 17.7. The van der Waals surface area contributed by atoms with E-state index in [4.69, 9.17) is 18.9 Å². The molecule has 0 radical (unpaired) electrons. The number of rotatable bonds is 18. The lowest BCUT2D eigenvalue weighted by Crippen LogP contribution is -2.43. The Morgan fingerprint density at radius 1 is 0.647 bits per heavy atom. The van der Waals surface area contributed by atoms with Gasteiger partial charge in [0.25, 0.3) is 0 Å². The minimum Gasteiger partial charge on any atom is -0.494 e. The maximum absolute atomic E-state index is 5.98. The molecule has 0 bridgehead atoms. The smallest absolute Gasteiger partial charge is 0.119 e. The monoisotopic (exact) mass is 707 g/mol. The molecule has 1 N–H and O–H groups in total. The van der Waals surface area contributed by atoms with Crippen molar-refractivity contribution in [2.24, 2.45) is 0 Å². The second kappa shape index (κ2) is 21.5. The molecule has 2 aromatic rings. The third-order valence-electron chi connectivity index (χ3n) is 11.8. The van der Waals surface area contributed by atoms with Crippen molar-refractivity contribution >= 4 is 0 Å². The van der Waals surface area contributed by atoms with Crippen molar-refractivity contribution in [1.82, 2.24) is 20.0 Å². The second-order valence-corrected chi connectivity index (χ2v) is 15.4. The highest BCUT2D eigenvalue weighted by Gasteiger charge is 2.36. The SMILES string of the molecule is CCN(C)CC1(c2ccc(OCCCN3CCCC3)cc2)CCOCC1.CCNCC1(c2ccc(OCCCN3CCCC3)cc2)CCOCC1. The zero-order chi connectivity index (χ0) is 35.6. The van der Waals surface area contributed by atoms with E-state index in [0.29, 0.717) is 0 Å². The molecule has 4 saturated heterocycles. The van der Waals surface area contributed by atoms with Crippen LogP contribution >= 0.6 is 0 Å². The average molecular weight is 707 g/mol. The molecule has 286 valence electrons. The summed E-state index contributed by atoms with van der Waals surface area (Å²) in [7, 11) is 2.22. The summed E-state index contributed by atoms with van der Waals surface area (Å²) in [5.41, 5.74) is 3.28. The molecule has 8 nitrogen and oxygen atoms in total. The van der Waals surface area contributed by atoms with E-state index in [1.165, 1.54) is 76.1 Å². The van der Waals surface area contributed by atoms with E-state index in [9.17, 15) is 0 Å². The Morgan fingerprint density at radius 2 is 1.08 bits per heavy atom. The van der Waals surface area contributed by atoms with Gasteiger partial charge in [0.2, 0.25) is 0 Å². The Balaban J connectivity index is 0.000000198. The van der Waals surface area contributed by atoms with E-state index in [-0.39, 0.29) is 10.8 Å². The molecule has 0 spiro atoms. The van der Waals surface area contributed by atoms with Crippen LogP contribution in [0, 0.1) is 0 Å². The Bertz CT molecular complexity index is 1200. The van der Waals surface area contributed by atoms with Crippen LogP contribution in [0.2, 0.25) is 0 Å². The van der Waals surface area contributed by atoms with Gasteiger partial charge in [-0.05, 0) is 146 Å². The van der Waals surface area contributed by atoms with Crippen molar-refractivity contribution in [3.8, 4) is 11.5 Å². The van der Waals surface area contributed by atoms with Crippen molar-refractivity contribution in [1.29, 1.82) is 0 Å². The number of hydrogen-bond acceptors (Lipinski definition) is 8. The summed E-state index contributed by atoms with van der Waals surface area (Å²) >= 11 is 0. The Kier molecular flexibility index (Phi) is 16.9. The molecule has 4 fully saturated rings. The highest BCUT2D eigenvalue weighted by atomic mass is 16.5. The predicted molar refractivity (Wildman–Crippen MR) is 210 cm³/mol. The number of ether oxygens (including phenoxy) is 4. The topological polar surface area (TPSA) is 58.7 Å². The highest BCUT2D eigenvalue weighted by Crippen LogP contribution is 2.37. The number of nitrogens with zero attached hydrogens (tertiary/aromatic N) is 3.